The maximum atomic E-state index is 11.4. The predicted octanol–water partition coefficient (Wildman–Crippen LogP) is -1.49. The Labute approximate surface area is 115 Å². The van der Waals surface area contributed by atoms with Crippen molar-refractivity contribution in [3.05, 3.63) is 22.9 Å². The molecule has 0 atom stereocenters. The molecule has 2 N–H and O–H groups in total. The van der Waals surface area contributed by atoms with Crippen molar-refractivity contribution >= 4 is 11.5 Å². The van der Waals surface area contributed by atoms with E-state index < -0.39 is 0 Å². The number of rotatable bonds is 2. The highest BCUT2D eigenvalue weighted by atomic mass is 16.1. The Balaban J connectivity index is 1.47. The third-order valence-electron chi connectivity index (χ3n) is 4.15. The molecule has 2 fully saturated rings. The van der Waals surface area contributed by atoms with Crippen molar-refractivity contribution in [2.24, 2.45) is 0 Å². The van der Waals surface area contributed by atoms with Crippen LogP contribution < -0.4 is 15.9 Å². The minimum absolute atomic E-state index is 0.249. The maximum absolute atomic E-state index is 11.4. The molecule has 0 spiro atoms. The molecule has 0 amide bonds. The average Bonchev–Trinajstić information content (AvgIpc) is 2.80. The molecule has 2 aliphatic heterocycles. The molecule has 0 radical (unpaired) electrons. The van der Waals surface area contributed by atoms with E-state index in [2.05, 4.69) is 30.3 Å². The van der Waals surface area contributed by atoms with Crippen LogP contribution in [0.2, 0.25) is 0 Å². The minimum atomic E-state index is -0.249. The second-order valence-corrected chi connectivity index (χ2v) is 5.35. The molecule has 0 bridgehead atoms. The van der Waals surface area contributed by atoms with Crippen molar-refractivity contribution in [1.82, 2.24) is 29.8 Å². The van der Waals surface area contributed by atoms with Gasteiger partial charge < -0.3 is 10.2 Å². The van der Waals surface area contributed by atoms with E-state index in [4.69, 9.17) is 0 Å². The fourth-order valence-electron chi connectivity index (χ4n) is 2.89. The fraction of sp³-hybridized carbons (Fsp3) is 0.583. The Bertz CT molecular complexity index is 666. The summed E-state index contributed by atoms with van der Waals surface area (Å²) in [7, 11) is 0. The molecule has 4 rings (SSSR count). The first-order valence-electron chi connectivity index (χ1n) is 6.94. The predicted molar refractivity (Wildman–Crippen MR) is 74.1 cm³/mol. The van der Waals surface area contributed by atoms with E-state index in [0.717, 1.165) is 45.1 Å². The van der Waals surface area contributed by atoms with Gasteiger partial charge in [0.25, 0.3) is 0 Å². The summed E-state index contributed by atoms with van der Waals surface area (Å²) in [6.45, 7) is 6.41. The summed E-state index contributed by atoms with van der Waals surface area (Å²) in [6.07, 6.45) is 1.54. The van der Waals surface area contributed by atoms with E-state index in [9.17, 15) is 4.79 Å². The van der Waals surface area contributed by atoms with Crippen LogP contribution in [0.15, 0.2) is 17.2 Å². The number of nitrogens with zero attached hydrogens (tertiary/aromatic N) is 5. The van der Waals surface area contributed by atoms with Crippen LogP contribution in [0.1, 0.15) is 0 Å². The molecule has 0 aliphatic carbocycles. The monoisotopic (exact) mass is 275 g/mol. The van der Waals surface area contributed by atoms with Crippen molar-refractivity contribution in [1.29, 1.82) is 0 Å². The van der Waals surface area contributed by atoms with Crippen molar-refractivity contribution in [3.63, 3.8) is 0 Å². The first kappa shape index (κ1) is 11.9. The Morgan fingerprint density at radius 3 is 2.85 bits per heavy atom. The largest absolute Gasteiger partial charge is 0.353 e. The van der Waals surface area contributed by atoms with Crippen molar-refractivity contribution in [3.8, 4) is 0 Å². The zero-order valence-corrected chi connectivity index (χ0v) is 11.1. The number of hydrogen-bond donors (Lipinski definition) is 2. The van der Waals surface area contributed by atoms with E-state index in [1.807, 2.05) is 6.07 Å². The van der Waals surface area contributed by atoms with Crippen LogP contribution in [-0.4, -0.2) is 69.8 Å². The molecule has 4 heterocycles. The highest BCUT2D eigenvalue weighted by molar-refractivity contribution is 5.52. The standard InChI is InChI=1S/C12H17N7O/c20-12-16-15-11-5-10(14-8-19(11)12)18-6-9(7-18)17-3-1-13-2-4-17/h5,8-9,13H,1-4,6-7H2,(H,16,20). The number of H-pyrrole nitrogens is 1. The highest BCUT2D eigenvalue weighted by Crippen LogP contribution is 2.22. The topological polar surface area (TPSA) is 81.6 Å². The highest BCUT2D eigenvalue weighted by Gasteiger charge is 2.33. The first-order chi connectivity index (χ1) is 9.81. The summed E-state index contributed by atoms with van der Waals surface area (Å²) in [4.78, 5) is 20.5. The normalized spacial score (nSPS) is 21.3. The van der Waals surface area contributed by atoms with E-state index >= 15 is 0 Å². The number of hydrogen-bond acceptors (Lipinski definition) is 6. The van der Waals surface area contributed by atoms with Gasteiger partial charge in [0.1, 0.15) is 12.1 Å². The molecule has 8 heteroatoms. The first-order valence-corrected chi connectivity index (χ1v) is 6.94. The number of aromatic amines is 1. The molecular formula is C12H17N7O. The number of anilines is 1. The van der Waals surface area contributed by atoms with E-state index in [1.54, 1.807) is 0 Å². The van der Waals surface area contributed by atoms with E-state index in [0.29, 0.717) is 11.7 Å². The van der Waals surface area contributed by atoms with Crippen LogP contribution >= 0.6 is 0 Å². The Hall–Kier alpha value is -1.93. The molecular weight excluding hydrogens is 258 g/mol. The molecule has 2 aromatic rings. The number of nitrogens with one attached hydrogen (secondary N) is 2. The molecule has 0 saturated carbocycles. The van der Waals surface area contributed by atoms with Crippen LogP contribution in [0, 0.1) is 0 Å². The summed E-state index contributed by atoms with van der Waals surface area (Å²) in [5, 5.41) is 9.76. The fourth-order valence-corrected chi connectivity index (χ4v) is 2.89. The van der Waals surface area contributed by atoms with Crippen LogP contribution in [0.5, 0.6) is 0 Å². The van der Waals surface area contributed by atoms with Gasteiger partial charge >= 0.3 is 5.69 Å². The molecule has 2 aliphatic rings. The van der Waals surface area contributed by atoms with Gasteiger partial charge in [-0.3, -0.25) is 4.90 Å². The number of fused-ring (bicyclic) bond motifs is 1. The van der Waals surface area contributed by atoms with Gasteiger partial charge in [-0.1, -0.05) is 0 Å². The van der Waals surface area contributed by atoms with Gasteiger partial charge in [-0.2, -0.15) is 5.10 Å². The average molecular weight is 275 g/mol. The van der Waals surface area contributed by atoms with Crippen molar-refractivity contribution in [2.75, 3.05) is 44.2 Å². The van der Waals surface area contributed by atoms with Gasteiger partial charge in [-0.25, -0.2) is 19.3 Å². The van der Waals surface area contributed by atoms with Crippen LogP contribution in [-0.2, 0) is 0 Å². The van der Waals surface area contributed by atoms with Gasteiger partial charge in [0.2, 0.25) is 0 Å². The van der Waals surface area contributed by atoms with E-state index in [-0.39, 0.29) is 5.69 Å². The van der Waals surface area contributed by atoms with Gasteiger partial charge in [0.15, 0.2) is 5.65 Å². The van der Waals surface area contributed by atoms with Gasteiger partial charge in [-0.05, 0) is 0 Å². The molecule has 2 saturated heterocycles. The lowest BCUT2D eigenvalue weighted by molar-refractivity contribution is 0.147. The minimum Gasteiger partial charge on any atom is -0.353 e. The second-order valence-electron chi connectivity index (χ2n) is 5.35. The van der Waals surface area contributed by atoms with Crippen LogP contribution in [0.25, 0.3) is 5.65 Å². The maximum Gasteiger partial charge on any atom is 0.348 e. The smallest absolute Gasteiger partial charge is 0.348 e. The number of piperazine rings is 1. The SMILES string of the molecule is O=c1[nH]nc2cc(N3CC(N4CCNCC4)C3)ncn12. The molecule has 0 unspecified atom stereocenters. The lowest BCUT2D eigenvalue weighted by Crippen LogP contribution is -2.63. The van der Waals surface area contributed by atoms with Gasteiger partial charge in [0, 0.05) is 51.4 Å². The zero-order valence-electron chi connectivity index (χ0n) is 11.1. The summed E-state index contributed by atoms with van der Waals surface area (Å²) in [5.41, 5.74) is 0.368. The summed E-state index contributed by atoms with van der Waals surface area (Å²) in [5.74, 6) is 0.892. The van der Waals surface area contributed by atoms with E-state index in [1.165, 1.54) is 10.7 Å². The van der Waals surface area contributed by atoms with Crippen molar-refractivity contribution in [2.45, 2.75) is 6.04 Å². The van der Waals surface area contributed by atoms with Crippen molar-refractivity contribution < 1.29 is 0 Å². The van der Waals surface area contributed by atoms with Crippen LogP contribution in [0.4, 0.5) is 5.82 Å². The molecule has 106 valence electrons. The molecule has 8 nitrogen and oxygen atoms in total. The van der Waals surface area contributed by atoms with Gasteiger partial charge in [0.05, 0.1) is 0 Å². The zero-order chi connectivity index (χ0) is 13.5. The Morgan fingerprint density at radius 2 is 2.05 bits per heavy atom. The summed E-state index contributed by atoms with van der Waals surface area (Å²) >= 11 is 0. The summed E-state index contributed by atoms with van der Waals surface area (Å²) in [6, 6.07) is 2.47. The Kier molecular flexibility index (Phi) is 2.71. The summed E-state index contributed by atoms with van der Waals surface area (Å²) < 4.78 is 1.41. The lowest BCUT2D eigenvalue weighted by atomic mass is 10.1. The lowest BCUT2D eigenvalue weighted by Gasteiger charge is -2.47. The van der Waals surface area contributed by atoms with Crippen LogP contribution in [0.3, 0.4) is 0 Å². The molecule has 20 heavy (non-hydrogen) atoms. The molecule has 2 aromatic heterocycles. The third-order valence-corrected chi connectivity index (χ3v) is 4.15. The number of aromatic nitrogens is 4. The molecule has 0 aromatic carbocycles. The third kappa shape index (κ3) is 1.88. The van der Waals surface area contributed by atoms with Gasteiger partial charge in [-0.15, -0.1) is 0 Å². The Morgan fingerprint density at radius 1 is 1.25 bits per heavy atom. The second kappa shape index (κ2) is 4.57. The quantitative estimate of drug-likeness (QED) is 0.695.